The fourth-order valence-electron chi connectivity index (χ4n) is 1.87. The van der Waals surface area contributed by atoms with Crippen LogP contribution in [-0.4, -0.2) is 27.1 Å². The molecule has 1 aromatic carbocycles. The van der Waals surface area contributed by atoms with Crippen molar-refractivity contribution >= 4 is 17.6 Å². The predicted octanol–water partition coefficient (Wildman–Crippen LogP) is 1.29. The van der Waals surface area contributed by atoms with Gasteiger partial charge >= 0.3 is 11.8 Å². The Morgan fingerprint density at radius 1 is 1.08 bits per heavy atom. The zero-order valence-corrected chi connectivity index (χ0v) is 12.6. The van der Waals surface area contributed by atoms with Crippen molar-refractivity contribution in [1.29, 1.82) is 0 Å². The fourth-order valence-corrected chi connectivity index (χ4v) is 1.87. The number of aromatic nitrogens is 3. The third kappa shape index (κ3) is 3.64. The molecule has 0 spiro atoms. The lowest BCUT2D eigenvalue weighted by molar-refractivity contribution is -0.136. The summed E-state index contributed by atoms with van der Waals surface area (Å²) in [4.78, 5) is 27.6. The van der Waals surface area contributed by atoms with Crippen LogP contribution in [0, 0.1) is 6.92 Å². The molecule has 2 amide bonds. The van der Waals surface area contributed by atoms with Crippen molar-refractivity contribution in [2.45, 2.75) is 13.5 Å². The van der Waals surface area contributed by atoms with E-state index in [4.69, 9.17) is 9.05 Å². The highest BCUT2D eigenvalue weighted by atomic mass is 16.5. The molecular weight excluding hydrogens is 314 g/mol. The van der Waals surface area contributed by atoms with Gasteiger partial charge in [-0.1, -0.05) is 40.6 Å². The van der Waals surface area contributed by atoms with Gasteiger partial charge in [-0.05, 0) is 6.92 Å². The summed E-state index contributed by atoms with van der Waals surface area (Å²) in [6, 6.07) is 10.7. The van der Waals surface area contributed by atoms with Gasteiger partial charge in [0.15, 0.2) is 5.82 Å². The van der Waals surface area contributed by atoms with Crippen LogP contribution < -0.4 is 10.6 Å². The fraction of sp³-hybridized carbons (Fsp3) is 0.133. The van der Waals surface area contributed by atoms with Crippen LogP contribution >= 0.6 is 0 Å². The number of aryl methyl sites for hydroxylation is 1. The normalized spacial score (nSPS) is 10.4. The second-order valence-electron chi connectivity index (χ2n) is 4.84. The standard InChI is InChI=1S/C15H13N5O4/c1-9-7-11(19-23-9)17-15(22)14(21)16-8-12-18-13(20-24-12)10-5-3-2-4-6-10/h2-7H,8H2,1H3,(H,16,21)(H,17,19,22). The van der Waals surface area contributed by atoms with Gasteiger partial charge in [-0.2, -0.15) is 4.98 Å². The van der Waals surface area contributed by atoms with Crippen molar-refractivity contribution in [2.75, 3.05) is 5.32 Å². The van der Waals surface area contributed by atoms with E-state index in [1.54, 1.807) is 6.92 Å². The number of carbonyl (C=O) groups excluding carboxylic acids is 2. The van der Waals surface area contributed by atoms with E-state index in [1.165, 1.54) is 6.07 Å². The average molecular weight is 327 g/mol. The molecule has 0 fully saturated rings. The van der Waals surface area contributed by atoms with Gasteiger partial charge in [0.2, 0.25) is 11.7 Å². The van der Waals surface area contributed by atoms with E-state index in [-0.39, 0.29) is 18.3 Å². The minimum atomic E-state index is -0.869. The number of benzene rings is 1. The molecule has 0 atom stereocenters. The highest BCUT2D eigenvalue weighted by molar-refractivity contribution is 6.39. The van der Waals surface area contributed by atoms with E-state index in [0.29, 0.717) is 11.6 Å². The van der Waals surface area contributed by atoms with Crippen LogP contribution in [0.4, 0.5) is 5.82 Å². The zero-order valence-electron chi connectivity index (χ0n) is 12.6. The largest absolute Gasteiger partial charge is 0.360 e. The molecule has 0 bridgehead atoms. The molecule has 0 radical (unpaired) electrons. The van der Waals surface area contributed by atoms with Crippen molar-refractivity contribution < 1.29 is 18.6 Å². The van der Waals surface area contributed by atoms with Crippen molar-refractivity contribution in [1.82, 2.24) is 20.6 Å². The third-order valence-electron chi connectivity index (χ3n) is 2.98. The maximum Gasteiger partial charge on any atom is 0.314 e. The number of nitrogens with one attached hydrogen (secondary N) is 2. The summed E-state index contributed by atoms with van der Waals surface area (Å²) >= 11 is 0. The monoisotopic (exact) mass is 327 g/mol. The summed E-state index contributed by atoms with van der Waals surface area (Å²) in [6.45, 7) is 1.60. The van der Waals surface area contributed by atoms with Crippen LogP contribution in [0.2, 0.25) is 0 Å². The van der Waals surface area contributed by atoms with Crippen molar-refractivity contribution in [3.63, 3.8) is 0 Å². The molecule has 0 unspecified atom stereocenters. The predicted molar refractivity (Wildman–Crippen MR) is 81.5 cm³/mol. The smallest absolute Gasteiger partial charge is 0.314 e. The van der Waals surface area contributed by atoms with E-state index < -0.39 is 11.8 Å². The molecule has 2 N–H and O–H groups in total. The Balaban J connectivity index is 1.55. The molecular formula is C15H13N5O4. The Morgan fingerprint density at radius 3 is 2.58 bits per heavy atom. The van der Waals surface area contributed by atoms with Crippen LogP contribution in [-0.2, 0) is 16.1 Å². The number of amides is 2. The van der Waals surface area contributed by atoms with Crippen LogP contribution in [0.3, 0.4) is 0 Å². The van der Waals surface area contributed by atoms with Gasteiger partial charge in [0.25, 0.3) is 0 Å². The summed E-state index contributed by atoms with van der Waals surface area (Å²) in [5, 5.41) is 12.1. The molecule has 2 aromatic heterocycles. The van der Waals surface area contributed by atoms with Crippen LogP contribution in [0.25, 0.3) is 11.4 Å². The zero-order chi connectivity index (χ0) is 16.9. The molecule has 0 aliphatic heterocycles. The van der Waals surface area contributed by atoms with E-state index >= 15 is 0 Å². The summed E-state index contributed by atoms with van der Waals surface area (Å²) in [5.74, 6) is -0.447. The van der Waals surface area contributed by atoms with Crippen LogP contribution in [0.15, 0.2) is 45.4 Å². The first-order chi connectivity index (χ1) is 11.6. The van der Waals surface area contributed by atoms with Gasteiger partial charge in [-0.3, -0.25) is 14.9 Å². The number of anilines is 1. The first kappa shape index (κ1) is 15.4. The van der Waals surface area contributed by atoms with Gasteiger partial charge in [0, 0.05) is 11.6 Å². The first-order valence-corrected chi connectivity index (χ1v) is 7.02. The molecule has 9 heteroatoms. The second kappa shape index (κ2) is 6.73. The van der Waals surface area contributed by atoms with Gasteiger partial charge in [-0.15, -0.1) is 0 Å². The number of carbonyl (C=O) groups is 2. The summed E-state index contributed by atoms with van der Waals surface area (Å²) in [7, 11) is 0. The van der Waals surface area contributed by atoms with E-state index in [9.17, 15) is 9.59 Å². The Hall–Kier alpha value is -3.49. The van der Waals surface area contributed by atoms with Crippen molar-refractivity contribution in [3.8, 4) is 11.4 Å². The molecule has 3 rings (SSSR count). The minimum Gasteiger partial charge on any atom is -0.360 e. The Kier molecular flexibility index (Phi) is 4.32. The third-order valence-corrected chi connectivity index (χ3v) is 2.98. The highest BCUT2D eigenvalue weighted by Gasteiger charge is 2.17. The SMILES string of the molecule is Cc1cc(NC(=O)C(=O)NCc2nc(-c3ccccc3)no2)no1. The van der Waals surface area contributed by atoms with Crippen molar-refractivity contribution in [3.05, 3.63) is 48.0 Å². The molecule has 24 heavy (non-hydrogen) atoms. The molecule has 3 aromatic rings. The Bertz CT molecular complexity index is 856. The lowest BCUT2D eigenvalue weighted by Crippen LogP contribution is -2.35. The summed E-state index contributed by atoms with van der Waals surface area (Å²) < 4.78 is 9.83. The van der Waals surface area contributed by atoms with Gasteiger partial charge in [0.05, 0.1) is 6.54 Å². The quantitative estimate of drug-likeness (QED) is 0.692. The number of rotatable bonds is 4. The van der Waals surface area contributed by atoms with Crippen molar-refractivity contribution in [2.24, 2.45) is 0 Å². The lowest BCUT2D eigenvalue weighted by atomic mass is 10.2. The number of hydrogen-bond donors (Lipinski definition) is 2. The molecule has 122 valence electrons. The molecule has 0 aliphatic carbocycles. The van der Waals surface area contributed by atoms with Crippen LogP contribution in [0.5, 0.6) is 0 Å². The van der Waals surface area contributed by atoms with E-state index in [0.717, 1.165) is 5.56 Å². The van der Waals surface area contributed by atoms with E-state index in [2.05, 4.69) is 25.9 Å². The molecule has 0 saturated carbocycles. The maximum absolute atomic E-state index is 11.7. The summed E-state index contributed by atoms with van der Waals surface area (Å²) in [5.41, 5.74) is 0.790. The topological polar surface area (TPSA) is 123 Å². The first-order valence-electron chi connectivity index (χ1n) is 7.02. The average Bonchev–Trinajstić information content (AvgIpc) is 3.22. The molecule has 2 heterocycles. The number of nitrogens with zero attached hydrogens (tertiary/aromatic N) is 3. The number of hydrogen-bond acceptors (Lipinski definition) is 7. The van der Waals surface area contributed by atoms with E-state index in [1.807, 2.05) is 30.3 Å². The van der Waals surface area contributed by atoms with Gasteiger partial charge in [0.1, 0.15) is 5.76 Å². The molecule has 0 saturated heterocycles. The van der Waals surface area contributed by atoms with Crippen LogP contribution in [0.1, 0.15) is 11.7 Å². The van der Waals surface area contributed by atoms with Gasteiger partial charge in [-0.25, -0.2) is 0 Å². The lowest BCUT2D eigenvalue weighted by Gasteiger charge is -2.01. The molecule has 0 aliphatic rings. The second-order valence-corrected chi connectivity index (χ2v) is 4.84. The minimum absolute atomic E-state index is 0.0655. The van der Waals surface area contributed by atoms with Gasteiger partial charge < -0.3 is 14.4 Å². The Labute approximate surface area is 136 Å². The Morgan fingerprint density at radius 2 is 1.88 bits per heavy atom. The maximum atomic E-state index is 11.7. The highest BCUT2D eigenvalue weighted by Crippen LogP contribution is 2.14. The molecule has 9 nitrogen and oxygen atoms in total. The summed E-state index contributed by atoms with van der Waals surface area (Å²) in [6.07, 6.45) is 0.